The number of nitrogens with zero attached hydrogens (tertiary/aromatic N) is 4. The fourth-order valence-electron chi connectivity index (χ4n) is 1.59. The van der Waals surface area contributed by atoms with Crippen molar-refractivity contribution in [3.8, 4) is 0 Å². The highest BCUT2D eigenvalue weighted by Gasteiger charge is 2.11. The van der Waals surface area contributed by atoms with E-state index in [1.54, 1.807) is 30.4 Å². The molecule has 2 N–H and O–H groups in total. The van der Waals surface area contributed by atoms with Gasteiger partial charge in [0.15, 0.2) is 0 Å². The SMILES string of the molecule is CN(CC(=O)Nc1cc(C(=O)O)ccn1)c1ncccn1. The number of nitrogens with one attached hydrogen (secondary N) is 1. The summed E-state index contributed by atoms with van der Waals surface area (Å²) in [5.74, 6) is -0.829. The molecule has 2 heterocycles. The molecule has 21 heavy (non-hydrogen) atoms. The van der Waals surface area contributed by atoms with Crippen molar-refractivity contribution >= 4 is 23.6 Å². The second-order valence-corrected chi connectivity index (χ2v) is 4.19. The topological polar surface area (TPSA) is 108 Å². The molecule has 0 radical (unpaired) electrons. The summed E-state index contributed by atoms with van der Waals surface area (Å²) in [6.45, 7) is 0.0169. The second-order valence-electron chi connectivity index (χ2n) is 4.19. The van der Waals surface area contributed by atoms with E-state index in [1.165, 1.54) is 18.3 Å². The minimum atomic E-state index is -1.08. The van der Waals surface area contributed by atoms with E-state index in [0.717, 1.165) is 0 Å². The molecule has 0 aliphatic carbocycles. The molecule has 0 spiro atoms. The molecule has 0 bridgehead atoms. The van der Waals surface area contributed by atoms with E-state index in [4.69, 9.17) is 5.11 Å². The van der Waals surface area contributed by atoms with Crippen molar-refractivity contribution < 1.29 is 14.7 Å². The number of anilines is 2. The maximum atomic E-state index is 11.9. The Morgan fingerprint density at radius 3 is 2.62 bits per heavy atom. The molecule has 2 aromatic heterocycles. The number of carboxylic acids is 1. The molecular formula is C13H13N5O3. The minimum Gasteiger partial charge on any atom is -0.478 e. The lowest BCUT2D eigenvalue weighted by atomic mass is 10.2. The van der Waals surface area contributed by atoms with Crippen molar-refractivity contribution in [3.05, 3.63) is 42.4 Å². The summed E-state index contributed by atoms with van der Waals surface area (Å²) in [6, 6.07) is 4.32. The normalized spacial score (nSPS) is 9.95. The first-order valence-corrected chi connectivity index (χ1v) is 6.03. The summed E-state index contributed by atoms with van der Waals surface area (Å²) in [5, 5.41) is 11.4. The van der Waals surface area contributed by atoms with E-state index < -0.39 is 5.97 Å². The Morgan fingerprint density at radius 1 is 1.24 bits per heavy atom. The lowest BCUT2D eigenvalue weighted by Crippen LogP contribution is -2.31. The molecule has 108 valence electrons. The predicted molar refractivity (Wildman–Crippen MR) is 75.1 cm³/mol. The van der Waals surface area contributed by atoms with Gasteiger partial charge < -0.3 is 15.3 Å². The van der Waals surface area contributed by atoms with E-state index in [0.29, 0.717) is 5.95 Å². The van der Waals surface area contributed by atoms with Crippen LogP contribution in [-0.4, -0.2) is 45.5 Å². The third-order valence-corrected chi connectivity index (χ3v) is 2.55. The first kappa shape index (κ1) is 14.4. The van der Waals surface area contributed by atoms with Crippen LogP contribution in [0.2, 0.25) is 0 Å². The third kappa shape index (κ3) is 3.96. The van der Waals surface area contributed by atoms with Crippen molar-refractivity contribution in [1.82, 2.24) is 15.0 Å². The zero-order valence-corrected chi connectivity index (χ0v) is 11.2. The Hall–Kier alpha value is -3.03. The van der Waals surface area contributed by atoms with Gasteiger partial charge in [-0.2, -0.15) is 0 Å². The number of aromatic nitrogens is 3. The molecular weight excluding hydrogens is 274 g/mol. The number of likely N-dealkylation sites (N-methyl/N-ethyl adjacent to an activating group) is 1. The summed E-state index contributed by atoms with van der Waals surface area (Å²) >= 11 is 0. The van der Waals surface area contributed by atoms with Crippen molar-refractivity contribution in [1.29, 1.82) is 0 Å². The number of hydrogen-bond acceptors (Lipinski definition) is 6. The largest absolute Gasteiger partial charge is 0.478 e. The van der Waals surface area contributed by atoms with E-state index >= 15 is 0 Å². The molecule has 0 aromatic carbocycles. The molecule has 2 rings (SSSR count). The summed E-state index contributed by atoms with van der Waals surface area (Å²) in [5.41, 5.74) is 0.0556. The van der Waals surface area contributed by atoms with Gasteiger partial charge in [-0.3, -0.25) is 4.79 Å². The van der Waals surface area contributed by atoms with Crippen molar-refractivity contribution in [3.63, 3.8) is 0 Å². The monoisotopic (exact) mass is 287 g/mol. The van der Waals surface area contributed by atoms with E-state index in [2.05, 4.69) is 20.3 Å². The predicted octanol–water partition coefficient (Wildman–Crippen LogP) is 0.645. The Labute approximate surface area is 120 Å². The fraction of sp³-hybridized carbons (Fsp3) is 0.154. The molecule has 0 saturated carbocycles. The zero-order valence-electron chi connectivity index (χ0n) is 11.2. The Kier molecular flexibility index (Phi) is 4.39. The summed E-state index contributed by atoms with van der Waals surface area (Å²) in [7, 11) is 1.68. The average molecular weight is 287 g/mol. The lowest BCUT2D eigenvalue weighted by molar-refractivity contribution is -0.115. The quantitative estimate of drug-likeness (QED) is 0.830. The van der Waals surface area contributed by atoms with Gasteiger partial charge in [-0.1, -0.05) is 0 Å². The van der Waals surface area contributed by atoms with Crippen LogP contribution in [0.1, 0.15) is 10.4 Å². The number of aromatic carboxylic acids is 1. The van der Waals surface area contributed by atoms with Crippen LogP contribution in [0.4, 0.5) is 11.8 Å². The maximum absolute atomic E-state index is 11.9. The molecule has 0 fully saturated rings. The number of rotatable bonds is 5. The first-order valence-electron chi connectivity index (χ1n) is 6.03. The van der Waals surface area contributed by atoms with Crippen molar-refractivity contribution in [2.75, 3.05) is 23.8 Å². The molecule has 0 unspecified atom stereocenters. The smallest absolute Gasteiger partial charge is 0.335 e. The Bertz CT molecular complexity index is 647. The summed E-state index contributed by atoms with van der Waals surface area (Å²) in [6.07, 6.45) is 4.48. The highest BCUT2D eigenvalue weighted by molar-refractivity contribution is 5.94. The fourth-order valence-corrected chi connectivity index (χ4v) is 1.59. The zero-order chi connectivity index (χ0) is 15.2. The Balaban J connectivity index is 1.99. The summed E-state index contributed by atoms with van der Waals surface area (Å²) < 4.78 is 0. The molecule has 2 aromatic rings. The van der Waals surface area contributed by atoms with Crippen LogP contribution in [0.3, 0.4) is 0 Å². The summed E-state index contributed by atoms with van der Waals surface area (Å²) in [4.78, 5) is 36.2. The number of carbonyl (C=O) groups is 2. The van der Waals surface area contributed by atoms with Crippen LogP contribution in [0, 0.1) is 0 Å². The van der Waals surface area contributed by atoms with Crippen LogP contribution in [0.15, 0.2) is 36.8 Å². The van der Waals surface area contributed by atoms with Gasteiger partial charge in [0.25, 0.3) is 0 Å². The van der Waals surface area contributed by atoms with E-state index in [9.17, 15) is 9.59 Å². The minimum absolute atomic E-state index is 0.0169. The molecule has 8 nitrogen and oxygen atoms in total. The van der Waals surface area contributed by atoms with Gasteiger partial charge in [0.1, 0.15) is 5.82 Å². The van der Waals surface area contributed by atoms with Crippen LogP contribution < -0.4 is 10.2 Å². The van der Waals surface area contributed by atoms with Gasteiger partial charge >= 0.3 is 5.97 Å². The van der Waals surface area contributed by atoms with E-state index in [1.807, 2.05) is 0 Å². The molecule has 0 atom stereocenters. The molecule has 8 heteroatoms. The standard InChI is InChI=1S/C13H13N5O3/c1-18(13-15-4-2-5-16-13)8-11(19)17-10-7-9(12(20)21)3-6-14-10/h2-7H,8H2,1H3,(H,20,21)(H,14,17,19). The highest BCUT2D eigenvalue weighted by Crippen LogP contribution is 2.07. The van der Waals surface area contributed by atoms with Gasteiger partial charge in [0.05, 0.1) is 12.1 Å². The third-order valence-electron chi connectivity index (χ3n) is 2.55. The number of carbonyl (C=O) groups excluding carboxylic acids is 1. The Morgan fingerprint density at radius 2 is 1.95 bits per heavy atom. The average Bonchev–Trinajstić information content (AvgIpc) is 2.48. The number of hydrogen-bond donors (Lipinski definition) is 2. The first-order chi connectivity index (χ1) is 10.1. The van der Waals surface area contributed by atoms with Crippen LogP contribution in [0.25, 0.3) is 0 Å². The number of carboxylic acid groups (broad SMARTS) is 1. The maximum Gasteiger partial charge on any atom is 0.335 e. The van der Waals surface area contributed by atoms with E-state index in [-0.39, 0.29) is 23.8 Å². The molecule has 0 aliphatic heterocycles. The van der Waals surface area contributed by atoms with Gasteiger partial charge in [-0.25, -0.2) is 19.7 Å². The van der Waals surface area contributed by atoms with Crippen LogP contribution in [0.5, 0.6) is 0 Å². The van der Waals surface area contributed by atoms with Gasteiger partial charge in [0, 0.05) is 25.6 Å². The highest BCUT2D eigenvalue weighted by atomic mass is 16.4. The lowest BCUT2D eigenvalue weighted by Gasteiger charge is -2.15. The number of amides is 1. The van der Waals surface area contributed by atoms with Crippen molar-refractivity contribution in [2.45, 2.75) is 0 Å². The molecule has 0 aliphatic rings. The number of pyridine rings is 1. The van der Waals surface area contributed by atoms with Crippen LogP contribution >= 0.6 is 0 Å². The van der Waals surface area contributed by atoms with Crippen molar-refractivity contribution in [2.24, 2.45) is 0 Å². The van der Waals surface area contributed by atoms with Gasteiger partial charge in [-0.15, -0.1) is 0 Å². The van der Waals surface area contributed by atoms with Gasteiger partial charge in [-0.05, 0) is 18.2 Å². The second kappa shape index (κ2) is 6.42. The van der Waals surface area contributed by atoms with Gasteiger partial charge in [0.2, 0.25) is 11.9 Å². The van der Waals surface area contributed by atoms with Crippen LogP contribution in [-0.2, 0) is 4.79 Å². The molecule has 1 amide bonds. The molecule has 0 saturated heterocycles.